The maximum atomic E-state index is 12.5. The Bertz CT molecular complexity index is 917. The normalized spacial score (nSPS) is 15.4. The van der Waals surface area contributed by atoms with Crippen LogP contribution in [0.25, 0.3) is 10.9 Å². The van der Waals surface area contributed by atoms with Crippen molar-refractivity contribution in [3.8, 4) is 0 Å². The topological polar surface area (TPSA) is 112 Å². The number of rotatable bonds is 5. The second-order valence-corrected chi connectivity index (χ2v) is 8.73. The summed E-state index contributed by atoms with van der Waals surface area (Å²) in [4.78, 5) is 25.9. The molecule has 1 aliphatic rings. The number of carbonyl (C=O) groups excluding carboxylic acids is 1. The number of anilines is 1. The number of nitro groups is 1. The van der Waals surface area contributed by atoms with E-state index >= 15 is 0 Å². The average molecular weight is 517 g/mol. The molecule has 1 saturated heterocycles. The monoisotopic (exact) mass is 517 g/mol. The molecule has 29 heavy (non-hydrogen) atoms. The van der Waals surface area contributed by atoms with Gasteiger partial charge in [0.1, 0.15) is 15.0 Å². The zero-order valence-electron chi connectivity index (χ0n) is 16.6. The van der Waals surface area contributed by atoms with E-state index in [9.17, 15) is 14.9 Å². The van der Waals surface area contributed by atoms with Gasteiger partial charge in [-0.2, -0.15) is 9.78 Å². The number of fused-ring (bicyclic) bond motifs is 1. The van der Waals surface area contributed by atoms with Crippen LogP contribution in [0.5, 0.6) is 0 Å². The van der Waals surface area contributed by atoms with Crippen LogP contribution in [0.15, 0.2) is 12.1 Å². The van der Waals surface area contributed by atoms with Crippen molar-refractivity contribution in [2.24, 2.45) is 0 Å². The van der Waals surface area contributed by atoms with Gasteiger partial charge in [-0.25, -0.2) is 4.79 Å². The SMILES string of the molecule is CC(C)(C)OC(=O)n1nc(I)c2cc(NCCN3CCOCC3)c([N+](=O)[O-])cc21. The molecule has 1 fully saturated rings. The van der Waals surface area contributed by atoms with E-state index in [1.807, 2.05) is 22.6 Å². The molecule has 2 aromatic rings. The fourth-order valence-electron chi connectivity index (χ4n) is 3.02. The number of nitrogens with one attached hydrogen (secondary N) is 1. The van der Waals surface area contributed by atoms with Gasteiger partial charge in [0.05, 0.1) is 23.7 Å². The fraction of sp³-hybridized carbons (Fsp3) is 0.556. The van der Waals surface area contributed by atoms with Crippen molar-refractivity contribution < 1.29 is 19.2 Å². The van der Waals surface area contributed by atoms with E-state index in [4.69, 9.17) is 9.47 Å². The van der Waals surface area contributed by atoms with E-state index in [-0.39, 0.29) is 5.69 Å². The summed E-state index contributed by atoms with van der Waals surface area (Å²) in [5.41, 5.74) is -0.0691. The Labute approximate surface area is 181 Å². The number of benzene rings is 1. The molecule has 0 atom stereocenters. The molecule has 0 bridgehead atoms. The number of aromatic nitrogens is 2. The lowest BCUT2D eigenvalue weighted by Crippen LogP contribution is -2.39. The molecule has 0 aliphatic carbocycles. The van der Waals surface area contributed by atoms with Gasteiger partial charge >= 0.3 is 6.09 Å². The van der Waals surface area contributed by atoms with Crippen molar-refractivity contribution in [3.05, 3.63) is 25.9 Å². The van der Waals surface area contributed by atoms with Crippen molar-refractivity contribution in [2.75, 3.05) is 44.7 Å². The number of ether oxygens (including phenoxy) is 2. The van der Waals surface area contributed by atoms with Gasteiger partial charge in [0, 0.05) is 37.6 Å². The second-order valence-electron chi connectivity index (χ2n) is 7.71. The molecule has 3 rings (SSSR count). The molecule has 0 unspecified atom stereocenters. The summed E-state index contributed by atoms with van der Waals surface area (Å²) in [5, 5.41) is 19.7. The predicted molar refractivity (Wildman–Crippen MR) is 116 cm³/mol. The van der Waals surface area contributed by atoms with Crippen molar-refractivity contribution in [3.63, 3.8) is 0 Å². The highest BCUT2D eigenvalue weighted by atomic mass is 127. The number of hydrogen-bond donors (Lipinski definition) is 1. The van der Waals surface area contributed by atoms with Gasteiger partial charge in [-0.05, 0) is 49.4 Å². The van der Waals surface area contributed by atoms with Gasteiger partial charge in [0.25, 0.3) is 5.69 Å². The number of nitrogens with zero attached hydrogens (tertiary/aromatic N) is 4. The molecule has 0 amide bonds. The zero-order valence-corrected chi connectivity index (χ0v) is 18.8. The summed E-state index contributed by atoms with van der Waals surface area (Å²) in [6.45, 7) is 9.67. The number of carbonyl (C=O) groups is 1. The van der Waals surface area contributed by atoms with Gasteiger partial charge in [0.15, 0.2) is 0 Å². The smallest absolute Gasteiger partial charge is 0.435 e. The summed E-state index contributed by atoms with van der Waals surface area (Å²) >= 11 is 2.01. The lowest BCUT2D eigenvalue weighted by molar-refractivity contribution is -0.383. The highest BCUT2D eigenvalue weighted by Crippen LogP contribution is 2.32. The van der Waals surface area contributed by atoms with Crippen LogP contribution in [0, 0.1) is 13.8 Å². The first-order valence-electron chi connectivity index (χ1n) is 9.30. The number of morpholine rings is 1. The molecule has 0 spiro atoms. The van der Waals surface area contributed by atoms with Gasteiger partial charge < -0.3 is 14.8 Å². The Hall–Kier alpha value is -1.99. The van der Waals surface area contributed by atoms with Crippen molar-refractivity contribution in [1.82, 2.24) is 14.7 Å². The van der Waals surface area contributed by atoms with Crippen LogP contribution in [0.3, 0.4) is 0 Å². The molecule has 0 radical (unpaired) electrons. The van der Waals surface area contributed by atoms with E-state index in [0.717, 1.165) is 24.3 Å². The van der Waals surface area contributed by atoms with Crippen LogP contribution >= 0.6 is 22.6 Å². The van der Waals surface area contributed by atoms with Crippen LogP contribution in [-0.4, -0.2) is 70.7 Å². The van der Waals surface area contributed by atoms with E-state index in [2.05, 4.69) is 15.3 Å². The maximum absolute atomic E-state index is 12.5. The minimum atomic E-state index is -0.701. The highest BCUT2D eigenvalue weighted by molar-refractivity contribution is 14.1. The quantitative estimate of drug-likeness (QED) is 0.366. The molecule has 1 aromatic carbocycles. The Balaban J connectivity index is 1.87. The standard InChI is InChI=1S/C18H24IN5O5/c1-18(2,3)29-17(25)23-14-11-15(24(26)27)13(10-12(14)16(19)21-23)20-4-5-22-6-8-28-9-7-22/h10-11,20H,4-9H2,1-3H3. The third kappa shape index (κ3) is 5.34. The summed E-state index contributed by atoms with van der Waals surface area (Å²) in [6, 6.07) is 3.04. The summed E-state index contributed by atoms with van der Waals surface area (Å²) in [5.74, 6) is 0. The van der Waals surface area contributed by atoms with Gasteiger partial charge in [-0.15, -0.1) is 0 Å². The largest absolute Gasteiger partial charge is 0.442 e. The Kier molecular flexibility index (Phi) is 6.58. The third-order valence-corrected chi connectivity index (χ3v) is 5.16. The van der Waals surface area contributed by atoms with Crippen LogP contribution in [0.2, 0.25) is 0 Å². The number of hydrogen-bond acceptors (Lipinski definition) is 8. The molecular formula is C18H24IN5O5. The lowest BCUT2D eigenvalue weighted by Gasteiger charge is -2.26. The average Bonchev–Trinajstić information content (AvgIpc) is 2.97. The first-order chi connectivity index (χ1) is 13.7. The number of halogens is 1. The Morgan fingerprint density at radius 1 is 1.38 bits per heavy atom. The number of nitro benzene ring substituents is 1. The van der Waals surface area contributed by atoms with Crippen LogP contribution in [0.4, 0.5) is 16.2 Å². The molecule has 1 aliphatic heterocycles. The zero-order chi connectivity index (χ0) is 21.2. The van der Waals surface area contributed by atoms with Crippen molar-refractivity contribution >= 4 is 51.0 Å². The first kappa shape index (κ1) is 21.7. The van der Waals surface area contributed by atoms with Crippen molar-refractivity contribution in [2.45, 2.75) is 26.4 Å². The first-order valence-corrected chi connectivity index (χ1v) is 10.4. The fourth-order valence-corrected chi connectivity index (χ4v) is 3.67. The Morgan fingerprint density at radius 2 is 2.07 bits per heavy atom. The highest BCUT2D eigenvalue weighted by Gasteiger charge is 2.25. The molecule has 1 N–H and O–H groups in total. The van der Waals surface area contributed by atoms with Crippen LogP contribution in [0.1, 0.15) is 20.8 Å². The molecule has 158 valence electrons. The molecule has 1 aromatic heterocycles. The van der Waals surface area contributed by atoms with Gasteiger partial charge in [-0.1, -0.05) is 0 Å². The predicted octanol–water partition coefficient (Wildman–Crippen LogP) is 3.08. The third-order valence-electron chi connectivity index (χ3n) is 4.36. The molecule has 2 heterocycles. The van der Waals surface area contributed by atoms with E-state index in [1.54, 1.807) is 26.8 Å². The molecular weight excluding hydrogens is 493 g/mol. The van der Waals surface area contributed by atoms with Crippen LogP contribution in [-0.2, 0) is 9.47 Å². The summed E-state index contributed by atoms with van der Waals surface area (Å²) in [7, 11) is 0. The summed E-state index contributed by atoms with van der Waals surface area (Å²) < 4.78 is 12.3. The minimum absolute atomic E-state index is 0.111. The maximum Gasteiger partial charge on any atom is 0.435 e. The second kappa shape index (κ2) is 8.79. The molecule has 10 nitrogen and oxygen atoms in total. The molecule has 11 heteroatoms. The minimum Gasteiger partial charge on any atom is -0.442 e. The van der Waals surface area contributed by atoms with Gasteiger partial charge in [0.2, 0.25) is 0 Å². The van der Waals surface area contributed by atoms with E-state index in [1.165, 1.54) is 6.07 Å². The van der Waals surface area contributed by atoms with Crippen LogP contribution < -0.4 is 5.32 Å². The lowest BCUT2D eigenvalue weighted by atomic mass is 10.2. The van der Waals surface area contributed by atoms with Crippen molar-refractivity contribution in [1.29, 1.82) is 0 Å². The van der Waals surface area contributed by atoms with E-state index < -0.39 is 16.6 Å². The molecule has 0 saturated carbocycles. The van der Waals surface area contributed by atoms with Gasteiger partial charge in [-0.3, -0.25) is 15.0 Å². The van der Waals surface area contributed by atoms with E-state index in [0.29, 0.717) is 40.0 Å². The Morgan fingerprint density at radius 3 is 2.69 bits per heavy atom. The summed E-state index contributed by atoms with van der Waals surface area (Å²) in [6.07, 6.45) is -0.673.